The molecular weight excluding hydrogens is 326 g/mol. The number of nitrogens with two attached hydrogens (primary N) is 1. The molecule has 1 aromatic heterocycles. The number of nitrogen functional groups attached to an aromatic ring is 1. The Morgan fingerprint density at radius 3 is 2.79 bits per heavy atom. The Bertz CT molecular complexity index is 670. The molecule has 0 unspecified atom stereocenters. The van der Waals surface area contributed by atoms with Gasteiger partial charge in [0.05, 0.1) is 19.3 Å². The van der Waals surface area contributed by atoms with Crippen LogP contribution >= 0.6 is 11.6 Å². The summed E-state index contributed by atoms with van der Waals surface area (Å²) < 4.78 is 5.49. The molecule has 0 radical (unpaired) electrons. The maximum atomic E-state index is 5.95. The molecule has 2 aromatic rings. The van der Waals surface area contributed by atoms with E-state index in [1.165, 1.54) is 11.1 Å². The van der Waals surface area contributed by atoms with Gasteiger partial charge in [0, 0.05) is 25.7 Å². The number of morpholine rings is 1. The molecule has 1 aromatic carbocycles. The monoisotopic (exact) mass is 347 g/mol. The molecule has 3 rings (SSSR count). The Hall–Kier alpha value is -1.89. The van der Waals surface area contributed by atoms with E-state index in [2.05, 4.69) is 51.4 Å². The zero-order chi connectivity index (χ0) is 16.9. The van der Waals surface area contributed by atoms with Crippen LogP contribution in [0.15, 0.2) is 30.3 Å². The van der Waals surface area contributed by atoms with Crippen molar-refractivity contribution in [3.63, 3.8) is 0 Å². The van der Waals surface area contributed by atoms with Crippen LogP contribution in [0.1, 0.15) is 17.2 Å². The highest BCUT2D eigenvalue weighted by Gasteiger charge is 2.22. The number of rotatable bonds is 5. The molecule has 0 saturated carbocycles. The molecule has 0 spiro atoms. The number of aryl methyl sites for hydroxylation is 1. The van der Waals surface area contributed by atoms with E-state index in [4.69, 9.17) is 22.1 Å². The number of nitrogens with one attached hydrogen (secondary N) is 1. The van der Waals surface area contributed by atoms with Crippen LogP contribution in [-0.2, 0) is 4.74 Å². The zero-order valence-corrected chi connectivity index (χ0v) is 14.5. The van der Waals surface area contributed by atoms with Crippen molar-refractivity contribution >= 4 is 23.4 Å². The van der Waals surface area contributed by atoms with Gasteiger partial charge in [-0.2, -0.15) is 4.98 Å². The highest BCUT2D eigenvalue weighted by molar-refractivity contribution is 6.29. The van der Waals surface area contributed by atoms with Crippen LogP contribution in [0, 0.1) is 6.92 Å². The molecule has 7 heteroatoms. The fourth-order valence-corrected chi connectivity index (χ4v) is 3.14. The average Bonchev–Trinajstić information content (AvgIpc) is 2.55. The largest absolute Gasteiger partial charge is 0.379 e. The SMILES string of the molecule is Cc1cccc([C@H](CNc2cc(Cl)nc(N)n2)N2CCOCC2)c1. The third-order valence-electron chi connectivity index (χ3n) is 4.10. The second-order valence-electron chi connectivity index (χ2n) is 5.89. The standard InChI is InChI=1S/C17H22ClN5O/c1-12-3-2-4-13(9-12)14(23-5-7-24-8-6-23)11-20-16-10-15(18)21-17(19)22-16/h2-4,9-10,14H,5-8,11H2,1H3,(H3,19,20,21,22)/t14-/m0/s1. The smallest absolute Gasteiger partial charge is 0.223 e. The van der Waals surface area contributed by atoms with Crippen LogP contribution in [0.4, 0.5) is 11.8 Å². The van der Waals surface area contributed by atoms with Gasteiger partial charge in [0.25, 0.3) is 0 Å². The number of hydrogen-bond donors (Lipinski definition) is 2. The lowest BCUT2D eigenvalue weighted by Crippen LogP contribution is -2.41. The minimum Gasteiger partial charge on any atom is -0.379 e. The van der Waals surface area contributed by atoms with Crippen LogP contribution in [0.25, 0.3) is 0 Å². The van der Waals surface area contributed by atoms with Crippen molar-refractivity contribution in [1.82, 2.24) is 14.9 Å². The zero-order valence-electron chi connectivity index (χ0n) is 13.7. The van der Waals surface area contributed by atoms with E-state index >= 15 is 0 Å². The molecule has 1 aliphatic heterocycles. The number of hydrogen-bond acceptors (Lipinski definition) is 6. The van der Waals surface area contributed by atoms with Crippen molar-refractivity contribution in [2.24, 2.45) is 0 Å². The minimum absolute atomic E-state index is 0.170. The summed E-state index contributed by atoms with van der Waals surface area (Å²) in [6.45, 7) is 6.15. The van der Waals surface area contributed by atoms with Gasteiger partial charge in [0.2, 0.25) is 5.95 Å². The maximum absolute atomic E-state index is 5.95. The first kappa shape index (κ1) is 17.0. The third kappa shape index (κ3) is 4.35. The molecule has 2 heterocycles. The number of halogens is 1. The summed E-state index contributed by atoms with van der Waals surface area (Å²) in [6, 6.07) is 10.5. The highest BCUT2D eigenvalue weighted by atomic mass is 35.5. The van der Waals surface area contributed by atoms with Crippen LogP contribution < -0.4 is 11.1 Å². The lowest BCUT2D eigenvalue weighted by atomic mass is 10.0. The summed E-state index contributed by atoms with van der Waals surface area (Å²) in [6.07, 6.45) is 0. The molecule has 1 aliphatic rings. The van der Waals surface area contributed by atoms with E-state index in [0.717, 1.165) is 26.3 Å². The quantitative estimate of drug-likeness (QED) is 0.809. The summed E-state index contributed by atoms with van der Waals surface area (Å²) in [5.74, 6) is 0.807. The fraction of sp³-hybridized carbons (Fsp3) is 0.412. The van der Waals surface area contributed by atoms with Gasteiger partial charge in [-0.3, -0.25) is 4.90 Å². The van der Waals surface area contributed by atoms with E-state index in [1.54, 1.807) is 6.07 Å². The molecule has 0 bridgehead atoms. The van der Waals surface area contributed by atoms with Crippen LogP contribution in [-0.4, -0.2) is 47.7 Å². The first-order chi connectivity index (χ1) is 11.6. The van der Waals surface area contributed by atoms with E-state index in [9.17, 15) is 0 Å². The van der Waals surface area contributed by atoms with Crippen LogP contribution in [0.3, 0.4) is 0 Å². The summed E-state index contributed by atoms with van der Waals surface area (Å²) in [5.41, 5.74) is 8.19. The number of ether oxygens (including phenoxy) is 1. The van der Waals surface area contributed by atoms with E-state index in [-0.39, 0.29) is 12.0 Å². The maximum Gasteiger partial charge on any atom is 0.223 e. The topological polar surface area (TPSA) is 76.3 Å². The van der Waals surface area contributed by atoms with Gasteiger partial charge in [-0.1, -0.05) is 41.4 Å². The second-order valence-corrected chi connectivity index (χ2v) is 6.28. The van der Waals surface area contributed by atoms with E-state index < -0.39 is 0 Å². The summed E-state index contributed by atoms with van der Waals surface area (Å²) >= 11 is 5.95. The molecule has 1 atom stereocenters. The molecule has 1 saturated heterocycles. The number of aromatic nitrogens is 2. The van der Waals surface area contributed by atoms with Gasteiger partial charge < -0.3 is 15.8 Å². The van der Waals surface area contributed by atoms with Gasteiger partial charge in [-0.25, -0.2) is 4.98 Å². The molecule has 24 heavy (non-hydrogen) atoms. The van der Waals surface area contributed by atoms with Crippen LogP contribution in [0.5, 0.6) is 0 Å². The normalized spacial score (nSPS) is 16.8. The number of nitrogens with zero attached hydrogens (tertiary/aromatic N) is 3. The molecule has 6 nitrogen and oxygen atoms in total. The molecular formula is C17H22ClN5O. The Morgan fingerprint density at radius 2 is 2.08 bits per heavy atom. The first-order valence-corrected chi connectivity index (χ1v) is 8.42. The van der Waals surface area contributed by atoms with Crippen molar-refractivity contribution in [2.75, 3.05) is 43.9 Å². The summed E-state index contributed by atoms with van der Waals surface area (Å²) in [4.78, 5) is 10.5. The van der Waals surface area contributed by atoms with Crippen molar-refractivity contribution in [2.45, 2.75) is 13.0 Å². The number of anilines is 2. The summed E-state index contributed by atoms with van der Waals surface area (Å²) in [5, 5.41) is 3.68. The highest BCUT2D eigenvalue weighted by Crippen LogP contribution is 2.24. The van der Waals surface area contributed by atoms with E-state index in [1.807, 2.05) is 0 Å². The molecule has 3 N–H and O–H groups in total. The molecule has 1 fully saturated rings. The van der Waals surface area contributed by atoms with Gasteiger partial charge in [-0.15, -0.1) is 0 Å². The molecule has 0 aliphatic carbocycles. The fourth-order valence-electron chi connectivity index (χ4n) is 2.95. The predicted molar refractivity (Wildman–Crippen MR) is 96.3 cm³/mol. The Labute approximate surface area is 147 Å². The second kappa shape index (κ2) is 7.79. The van der Waals surface area contributed by atoms with E-state index in [0.29, 0.717) is 17.5 Å². The summed E-state index contributed by atoms with van der Waals surface area (Å²) in [7, 11) is 0. The predicted octanol–water partition coefficient (Wildman–Crippen LogP) is 2.51. The van der Waals surface area contributed by atoms with Gasteiger partial charge >= 0.3 is 0 Å². The van der Waals surface area contributed by atoms with Crippen molar-refractivity contribution in [3.05, 3.63) is 46.6 Å². The van der Waals surface area contributed by atoms with Gasteiger partial charge in [-0.05, 0) is 12.5 Å². The lowest BCUT2D eigenvalue weighted by molar-refractivity contribution is 0.0187. The van der Waals surface area contributed by atoms with Crippen molar-refractivity contribution in [1.29, 1.82) is 0 Å². The first-order valence-electron chi connectivity index (χ1n) is 8.04. The van der Waals surface area contributed by atoms with Crippen LogP contribution in [0.2, 0.25) is 5.15 Å². The molecule has 0 amide bonds. The van der Waals surface area contributed by atoms with Gasteiger partial charge in [0.1, 0.15) is 11.0 Å². The molecule has 128 valence electrons. The van der Waals surface area contributed by atoms with Crippen molar-refractivity contribution in [3.8, 4) is 0 Å². The lowest BCUT2D eigenvalue weighted by Gasteiger charge is -2.35. The Balaban J connectivity index is 1.78. The average molecular weight is 348 g/mol. The minimum atomic E-state index is 0.170. The third-order valence-corrected chi connectivity index (χ3v) is 4.30. The Morgan fingerprint density at radius 1 is 1.29 bits per heavy atom. The number of benzene rings is 1. The van der Waals surface area contributed by atoms with Crippen molar-refractivity contribution < 1.29 is 4.74 Å². The Kier molecular flexibility index (Phi) is 5.50. The van der Waals surface area contributed by atoms with Gasteiger partial charge in [0.15, 0.2) is 0 Å².